The van der Waals surface area contributed by atoms with E-state index in [1.807, 2.05) is 41.3 Å². The summed E-state index contributed by atoms with van der Waals surface area (Å²) in [6.07, 6.45) is 2.45. The number of carbonyl (C=O) groups excluding carboxylic acids is 2. The largest absolute Gasteiger partial charge is 0.493 e. The van der Waals surface area contributed by atoms with E-state index < -0.39 is 12.0 Å². The second kappa shape index (κ2) is 8.58. The molecule has 2 unspecified atom stereocenters. The fourth-order valence-corrected chi connectivity index (χ4v) is 4.92. The van der Waals surface area contributed by atoms with E-state index in [1.54, 1.807) is 25.4 Å². The third-order valence-corrected chi connectivity index (χ3v) is 6.48. The van der Waals surface area contributed by atoms with E-state index in [4.69, 9.17) is 9.47 Å². The average molecular weight is 444 g/mol. The first-order valence-electron chi connectivity index (χ1n) is 10.9. The molecule has 2 amide bonds. The van der Waals surface area contributed by atoms with Crippen molar-refractivity contribution in [3.05, 3.63) is 88.7 Å². The SMILES string of the molecule is COc1cc2c(cc1OC)C(C(=O)NCc1ccccn1)C1c3ccccc3CCN1C2=O. The molecule has 3 aromatic rings. The van der Waals surface area contributed by atoms with Gasteiger partial charge in [-0.1, -0.05) is 30.3 Å². The Morgan fingerprint density at radius 2 is 1.82 bits per heavy atom. The zero-order valence-corrected chi connectivity index (χ0v) is 18.6. The Bertz CT molecular complexity index is 1210. The summed E-state index contributed by atoms with van der Waals surface area (Å²) in [5.41, 5.74) is 4.06. The number of aromatic nitrogens is 1. The Balaban J connectivity index is 1.62. The summed E-state index contributed by atoms with van der Waals surface area (Å²) in [6.45, 7) is 0.861. The van der Waals surface area contributed by atoms with Crippen LogP contribution in [0.15, 0.2) is 60.8 Å². The van der Waals surface area contributed by atoms with Crippen molar-refractivity contribution in [2.75, 3.05) is 20.8 Å². The molecule has 2 atom stereocenters. The molecule has 0 spiro atoms. The Morgan fingerprint density at radius 1 is 1.06 bits per heavy atom. The highest BCUT2D eigenvalue weighted by atomic mass is 16.5. The summed E-state index contributed by atoms with van der Waals surface area (Å²) in [4.78, 5) is 33.4. The van der Waals surface area contributed by atoms with E-state index >= 15 is 0 Å². The van der Waals surface area contributed by atoms with Crippen LogP contribution in [0.2, 0.25) is 0 Å². The normalized spacial score (nSPS) is 18.6. The van der Waals surface area contributed by atoms with E-state index in [0.717, 1.165) is 23.2 Å². The van der Waals surface area contributed by atoms with Crippen molar-refractivity contribution in [3.63, 3.8) is 0 Å². The number of benzene rings is 2. The lowest BCUT2D eigenvalue weighted by atomic mass is 9.75. The molecule has 2 aromatic carbocycles. The van der Waals surface area contributed by atoms with Crippen LogP contribution in [-0.2, 0) is 17.8 Å². The van der Waals surface area contributed by atoms with Gasteiger partial charge in [0, 0.05) is 18.3 Å². The number of amides is 2. The van der Waals surface area contributed by atoms with Gasteiger partial charge in [0.1, 0.15) is 0 Å². The topological polar surface area (TPSA) is 80.8 Å². The number of carbonyl (C=O) groups is 2. The first-order chi connectivity index (χ1) is 16.1. The maximum absolute atomic E-state index is 13.7. The van der Waals surface area contributed by atoms with Crippen molar-refractivity contribution in [1.82, 2.24) is 15.2 Å². The molecule has 2 aliphatic rings. The van der Waals surface area contributed by atoms with Gasteiger partial charge in [0.25, 0.3) is 5.91 Å². The summed E-state index contributed by atoms with van der Waals surface area (Å²) < 4.78 is 10.9. The van der Waals surface area contributed by atoms with Gasteiger partial charge in [-0.3, -0.25) is 14.6 Å². The van der Waals surface area contributed by atoms with Crippen LogP contribution in [0.1, 0.15) is 44.7 Å². The summed E-state index contributed by atoms with van der Waals surface area (Å²) in [6, 6.07) is 16.7. The van der Waals surface area contributed by atoms with Crippen LogP contribution in [-0.4, -0.2) is 42.5 Å². The lowest BCUT2D eigenvalue weighted by Crippen LogP contribution is -2.50. The molecule has 3 heterocycles. The molecule has 1 N–H and O–H groups in total. The average Bonchev–Trinajstić information content (AvgIpc) is 2.87. The van der Waals surface area contributed by atoms with E-state index in [1.165, 1.54) is 7.11 Å². The number of nitrogens with one attached hydrogen (secondary N) is 1. The van der Waals surface area contributed by atoms with E-state index in [2.05, 4.69) is 16.4 Å². The molecule has 7 nitrogen and oxygen atoms in total. The minimum atomic E-state index is -0.595. The molecule has 33 heavy (non-hydrogen) atoms. The number of hydrogen-bond acceptors (Lipinski definition) is 5. The molecule has 0 bridgehead atoms. The molecule has 0 saturated heterocycles. The molecule has 1 aromatic heterocycles. The van der Waals surface area contributed by atoms with Crippen molar-refractivity contribution in [3.8, 4) is 11.5 Å². The Hall–Kier alpha value is -3.87. The number of methoxy groups -OCH3 is 2. The van der Waals surface area contributed by atoms with Gasteiger partial charge in [0.05, 0.1) is 38.4 Å². The van der Waals surface area contributed by atoms with Gasteiger partial charge in [0.2, 0.25) is 5.91 Å². The van der Waals surface area contributed by atoms with Crippen LogP contribution in [0.4, 0.5) is 0 Å². The van der Waals surface area contributed by atoms with Gasteiger partial charge in [-0.25, -0.2) is 0 Å². The van der Waals surface area contributed by atoms with Crippen LogP contribution in [0.3, 0.4) is 0 Å². The smallest absolute Gasteiger partial charge is 0.254 e. The van der Waals surface area contributed by atoms with Gasteiger partial charge in [0.15, 0.2) is 11.5 Å². The zero-order valence-electron chi connectivity index (χ0n) is 18.6. The Labute approximate surface area is 192 Å². The second-order valence-corrected chi connectivity index (χ2v) is 8.20. The van der Waals surface area contributed by atoms with Crippen molar-refractivity contribution in [2.45, 2.75) is 24.9 Å². The van der Waals surface area contributed by atoms with E-state index in [-0.39, 0.29) is 11.8 Å². The summed E-state index contributed by atoms with van der Waals surface area (Å²) >= 11 is 0. The minimum absolute atomic E-state index is 0.0979. The first-order valence-corrected chi connectivity index (χ1v) is 10.9. The third kappa shape index (κ3) is 3.59. The molecule has 7 heteroatoms. The summed E-state index contributed by atoms with van der Waals surface area (Å²) in [5.74, 6) is 0.104. The summed E-state index contributed by atoms with van der Waals surface area (Å²) in [5, 5.41) is 3.04. The van der Waals surface area contributed by atoms with E-state index in [0.29, 0.717) is 35.7 Å². The van der Waals surface area contributed by atoms with Crippen LogP contribution in [0, 0.1) is 0 Å². The molecule has 5 rings (SSSR count). The molecule has 168 valence electrons. The predicted molar refractivity (Wildman–Crippen MR) is 122 cm³/mol. The Morgan fingerprint density at radius 3 is 2.58 bits per heavy atom. The maximum Gasteiger partial charge on any atom is 0.254 e. The number of fused-ring (bicyclic) bond motifs is 4. The molecule has 2 aliphatic heterocycles. The third-order valence-electron chi connectivity index (χ3n) is 6.48. The van der Waals surface area contributed by atoms with Crippen molar-refractivity contribution in [2.24, 2.45) is 0 Å². The number of nitrogens with zero attached hydrogens (tertiary/aromatic N) is 2. The molecular weight excluding hydrogens is 418 g/mol. The lowest BCUT2D eigenvalue weighted by molar-refractivity contribution is -0.124. The van der Waals surface area contributed by atoms with Crippen molar-refractivity contribution >= 4 is 11.8 Å². The van der Waals surface area contributed by atoms with Gasteiger partial charge in [-0.2, -0.15) is 0 Å². The van der Waals surface area contributed by atoms with Gasteiger partial charge in [-0.05, 0) is 47.4 Å². The van der Waals surface area contributed by atoms with Crippen molar-refractivity contribution < 1.29 is 19.1 Å². The highest BCUT2D eigenvalue weighted by molar-refractivity contribution is 6.02. The molecule has 0 fully saturated rings. The number of hydrogen-bond donors (Lipinski definition) is 1. The van der Waals surface area contributed by atoms with Crippen LogP contribution < -0.4 is 14.8 Å². The molecule has 0 saturated carbocycles. The summed E-state index contributed by atoms with van der Waals surface area (Å²) in [7, 11) is 3.09. The number of pyridine rings is 1. The minimum Gasteiger partial charge on any atom is -0.493 e. The predicted octanol–water partition coefficient (Wildman–Crippen LogP) is 3.25. The fraction of sp³-hybridized carbons (Fsp3) is 0.269. The Kier molecular flexibility index (Phi) is 5.46. The molecule has 0 radical (unpaired) electrons. The highest BCUT2D eigenvalue weighted by Gasteiger charge is 2.46. The van der Waals surface area contributed by atoms with Crippen LogP contribution >= 0.6 is 0 Å². The fourth-order valence-electron chi connectivity index (χ4n) is 4.92. The van der Waals surface area contributed by atoms with E-state index in [9.17, 15) is 9.59 Å². The maximum atomic E-state index is 13.7. The molecule has 0 aliphatic carbocycles. The van der Waals surface area contributed by atoms with Gasteiger partial charge < -0.3 is 19.7 Å². The highest BCUT2D eigenvalue weighted by Crippen LogP contribution is 2.48. The monoisotopic (exact) mass is 443 g/mol. The molecular formula is C26H25N3O4. The quantitative estimate of drug-likeness (QED) is 0.655. The van der Waals surface area contributed by atoms with Gasteiger partial charge >= 0.3 is 0 Å². The van der Waals surface area contributed by atoms with Crippen LogP contribution in [0.25, 0.3) is 0 Å². The zero-order chi connectivity index (χ0) is 22.9. The van der Waals surface area contributed by atoms with Crippen LogP contribution in [0.5, 0.6) is 11.5 Å². The first kappa shape index (κ1) is 21.0. The number of rotatable bonds is 5. The second-order valence-electron chi connectivity index (χ2n) is 8.20. The standard InChI is InChI=1S/C26H25N3O4/c1-32-21-13-19-20(14-22(21)33-2)26(31)29-12-10-16-7-3-4-9-18(16)24(29)23(19)25(30)28-15-17-8-5-6-11-27-17/h3-9,11,13-14,23-24H,10,12,15H2,1-2H3,(H,28,30). The lowest BCUT2D eigenvalue weighted by Gasteiger charge is -2.45. The number of ether oxygens (including phenoxy) is 2. The van der Waals surface area contributed by atoms with Crippen molar-refractivity contribution in [1.29, 1.82) is 0 Å². The van der Waals surface area contributed by atoms with Gasteiger partial charge in [-0.15, -0.1) is 0 Å².